The quantitative estimate of drug-likeness (QED) is 0.353. The van der Waals surface area contributed by atoms with Crippen molar-refractivity contribution >= 4 is 54.7 Å². The van der Waals surface area contributed by atoms with Gasteiger partial charge in [0.05, 0.1) is 16.0 Å². The van der Waals surface area contributed by atoms with Crippen LogP contribution < -0.4 is 19.4 Å². The summed E-state index contributed by atoms with van der Waals surface area (Å²) in [6, 6.07) is 6.88. The molecule has 4 aromatic rings. The van der Waals surface area contributed by atoms with Crippen LogP contribution in [0.25, 0.3) is 11.0 Å². The Morgan fingerprint density at radius 3 is 2.50 bits per heavy atom. The molecule has 0 radical (unpaired) electrons. The van der Waals surface area contributed by atoms with E-state index in [2.05, 4.69) is 44.6 Å². The number of aromatic amines is 1. The third-order valence-electron chi connectivity index (χ3n) is 6.98. The van der Waals surface area contributed by atoms with Gasteiger partial charge in [0.15, 0.2) is 0 Å². The van der Waals surface area contributed by atoms with Crippen molar-refractivity contribution < 1.29 is 12.8 Å². The van der Waals surface area contributed by atoms with Crippen LogP contribution in [0.3, 0.4) is 0 Å². The van der Waals surface area contributed by atoms with Gasteiger partial charge in [0.2, 0.25) is 5.13 Å². The predicted octanol–water partition coefficient (Wildman–Crippen LogP) is 3.05. The van der Waals surface area contributed by atoms with Gasteiger partial charge < -0.3 is 19.7 Å². The van der Waals surface area contributed by atoms with Gasteiger partial charge in [-0.2, -0.15) is 0 Å². The number of anilines is 4. The number of nitrogens with zero attached hydrogens (tertiary/aromatic N) is 7. The van der Waals surface area contributed by atoms with Crippen LogP contribution in [0.5, 0.6) is 0 Å². The van der Waals surface area contributed by atoms with Gasteiger partial charge in [-0.3, -0.25) is 4.72 Å². The molecule has 2 fully saturated rings. The second kappa shape index (κ2) is 9.98. The average Bonchev–Trinajstić information content (AvgIpc) is 3.68. The summed E-state index contributed by atoms with van der Waals surface area (Å²) in [6.07, 6.45) is 3.88. The van der Waals surface area contributed by atoms with E-state index in [1.807, 2.05) is 25.3 Å². The van der Waals surface area contributed by atoms with Crippen molar-refractivity contribution in [3.8, 4) is 0 Å². The summed E-state index contributed by atoms with van der Waals surface area (Å²) < 4.78 is 42.0. The first-order chi connectivity index (χ1) is 18.4. The maximum Gasteiger partial charge on any atom is 0.263 e. The van der Waals surface area contributed by atoms with Crippen LogP contribution in [0.2, 0.25) is 0 Å². The molecule has 2 aliphatic heterocycles. The van der Waals surface area contributed by atoms with Gasteiger partial charge in [-0.15, -0.1) is 10.2 Å². The Hall–Kier alpha value is -3.52. The molecule has 0 aliphatic carbocycles. The van der Waals surface area contributed by atoms with Crippen molar-refractivity contribution in [3.05, 3.63) is 41.8 Å². The zero-order valence-corrected chi connectivity index (χ0v) is 22.5. The molecule has 3 aromatic heterocycles. The topological polar surface area (TPSA) is 123 Å². The molecule has 2 aliphatic rings. The van der Waals surface area contributed by atoms with Crippen LogP contribution in [-0.4, -0.2) is 79.0 Å². The summed E-state index contributed by atoms with van der Waals surface area (Å²) in [7, 11) is -3.74. The third kappa shape index (κ3) is 4.73. The standard InChI is InChI=1S/C24H28FN9O2S2/c1-2-20-29-30-24(37-20)31-38(35,36)18-5-3-17(4-6-18)32-9-11-33(12-10-32)23-21-19(34-8-7-16(25)14-34)13-26-22(21)27-15-28-23/h3-6,13,15-16H,2,7-12,14H2,1H3,(H,30,31)(H,26,27,28)/t16-/m0/s1. The number of aryl methyl sites for hydroxylation is 1. The molecule has 5 heterocycles. The second-order valence-corrected chi connectivity index (χ2v) is 12.1. The minimum absolute atomic E-state index is 0.175. The fourth-order valence-electron chi connectivity index (χ4n) is 4.98. The normalized spacial score (nSPS) is 18.5. The molecular weight excluding hydrogens is 529 g/mol. The number of hydrogen-bond acceptors (Lipinski definition) is 10. The van der Waals surface area contributed by atoms with Gasteiger partial charge in [0.1, 0.15) is 29.0 Å². The van der Waals surface area contributed by atoms with Gasteiger partial charge in [-0.25, -0.2) is 22.8 Å². The Kier molecular flexibility index (Phi) is 6.51. The van der Waals surface area contributed by atoms with Crippen molar-refractivity contribution in [3.63, 3.8) is 0 Å². The number of rotatable bonds is 7. The molecule has 1 aromatic carbocycles. The van der Waals surface area contributed by atoms with Crippen LogP contribution in [0.4, 0.5) is 26.7 Å². The van der Waals surface area contributed by atoms with Crippen LogP contribution in [-0.2, 0) is 16.4 Å². The van der Waals surface area contributed by atoms with E-state index in [1.165, 1.54) is 11.3 Å². The lowest BCUT2D eigenvalue weighted by Crippen LogP contribution is -2.47. The van der Waals surface area contributed by atoms with E-state index in [0.29, 0.717) is 25.9 Å². The first-order valence-corrected chi connectivity index (χ1v) is 14.9. The number of halogens is 1. The first kappa shape index (κ1) is 24.8. The fourth-order valence-corrected chi connectivity index (χ4v) is 6.89. The van der Waals surface area contributed by atoms with Crippen LogP contribution >= 0.6 is 11.3 Å². The van der Waals surface area contributed by atoms with E-state index in [1.54, 1.807) is 18.5 Å². The zero-order chi connectivity index (χ0) is 26.3. The molecule has 6 rings (SSSR count). The highest BCUT2D eigenvalue weighted by atomic mass is 32.2. The maximum absolute atomic E-state index is 13.9. The molecule has 11 nitrogen and oxygen atoms in total. The van der Waals surface area contributed by atoms with Gasteiger partial charge >= 0.3 is 0 Å². The summed E-state index contributed by atoms with van der Waals surface area (Å²) in [5.74, 6) is 0.851. The molecule has 0 amide bonds. The number of hydrogen-bond donors (Lipinski definition) is 2. The van der Waals surface area contributed by atoms with E-state index < -0.39 is 16.2 Å². The molecule has 14 heteroatoms. The lowest BCUT2D eigenvalue weighted by molar-refractivity contribution is 0.364. The Morgan fingerprint density at radius 1 is 1.05 bits per heavy atom. The molecule has 0 spiro atoms. The monoisotopic (exact) mass is 557 g/mol. The maximum atomic E-state index is 13.9. The van der Waals surface area contributed by atoms with E-state index in [4.69, 9.17) is 0 Å². The second-order valence-electron chi connectivity index (χ2n) is 9.35. The summed E-state index contributed by atoms with van der Waals surface area (Å²) in [4.78, 5) is 18.9. The van der Waals surface area contributed by atoms with E-state index >= 15 is 0 Å². The lowest BCUT2D eigenvalue weighted by atomic mass is 10.2. The molecule has 200 valence electrons. The first-order valence-electron chi connectivity index (χ1n) is 12.6. The highest BCUT2D eigenvalue weighted by Gasteiger charge is 2.28. The molecule has 1 atom stereocenters. The highest BCUT2D eigenvalue weighted by molar-refractivity contribution is 7.93. The van der Waals surface area contributed by atoms with Crippen molar-refractivity contribution in [1.29, 1.82) is 0 Å². The molecule has 2 saturated heterocycles. The molecule has 0 bridgehead atoms. The smallest absolute Gasteiger partial charge is 0.263 e. The Balaban J connectivity index is 1.14. The molecule has 38 heavy (non-hydrogen) atoms. The number of H-pyrrole nitrogens is 1. The highest BCUT2D eigenvalue weighted by Crippen LogP contribution is 2.35. The van der Waals surface area contributed by atoms with E-state index in [-0.39, 0.29) is 10.0 Å². The summed E-state index contributed by atoms with van der Waals surface area (Å²) in [5.41, 5.74) is 2.65. The van der Waals surface area contributed by atoms with Gasteiger partial charge in [0.25, 0.3) is 10.0 Å². The Bertz CT molecular complexity index is 1530. The lowest BCUT2D eigenvalue weighted by Gasteiger charge is -2.37. The number of sulfonamides is 1. The number of aromatic nitrogens is 5. The Morgan fingerprint density at radius 2 is 1.82 bits per heavy atom. The summed E-state index contributed by atoms with van der Waals surface area (Å²) in [6.45, 7) is 5.98. The summed E-state index contributed by atoms with van der Waals surface area (Å²) >= 11 is 1.23. The number of benzene rings is 1. The number of nitrogens with one attached hydrogen (secondary N) is 2. The van der Waals surface area contributed by atoms with E-state index in [9.17, 15) is 12.8 Å². The minimum atomic E-state index is -3.74. The third-order valence-corrected chi connectivity index (χ3v) is 9.45. The summed E-state index contributed by atoms with van der Waals surface area (Å²) in [5, 5.41) is 9.83. The fraction of sp³-hybridized carbons (Fsp3) is 0.417. The van der Waals surface area contributed by atoms with Gasteiger partial charge in [0, 0.05) is 51.2 Å². The number of alkyl halides is 1. The van der Waals surface area contributed by atoms with Gasteiger partial charge in [-0.1, -0.05) is 18.3 Å². The van der Waals surface area contributed by atoms with Crippen molar-refractivity contribution in [1.82, 2.24) is 25.1 Å². The van der Waals surface area contributed by atoms with Crippen LogP contribution in [0, 0.1) is 0 Å². The Labute approximate surface area is 223 Å². The predicted molar refractivity (Wildman–Crippen MR) is 147 cm³/mol. The van der Waals surface area contributed by atoms with E-state index in [0.717, 1.165) is 59.4 Å². The SMILES string of the molecule is CCc1nnc(NS(=O)(=O)c2ccc(N3CCN(c4ncnc5[nH]cc(N6CC[C@H](F)C6)c45)CC3)cc2)s1. The molecule has 0 unspecified atom stereocenters. The molecule has 2 N–H and O–H groups in total. The zero-order valence-electron chi connectivity index (χ0n) is 20.8. The largest absolute Gasteiger partial charge is 0.368 e. The van der Waals surface area contributed by atoms with Gasteiger partial charge in [-0.05, 0) is 37.1 Å². The number of fused-ring (bicyclic) bond motifs is 1. The van der Waals surface area contributed by atoms with Crippen molar-refractivity contribution in [2.45, 2.75) is 30.8 Å². The van der Waals surface area contributed by atoms with Crippen molar-refractivity contribution in [2.24, 2.45) is 0 Å². The minimum Gasteiger partial charge on any atom is -0.368 e. The average molecular weight is 558 g/mol. The van der Waals surface area contributed by atoms with Crippen molar-refractivity contribution in [2.75, 3.05) is 58.7 Å². The van der Waals surface area contributed by atoms with Crippen LogP contribution in [0.1, 0.15) is 18.4 Å². The number of piperazine rings is 1. The molecule has 0 saturated carbocycles. The molecular formula is C24H28FN9O2S2. The van der Waals surface area contributed by atoms with Crippen LogP contribution in [0.15, 0.2) is 41.7 Å².